The maximum Gasteiger partial charge on any atom is 0.152 e. The van der Waals surface area contributed by atoms with E-state index in [1.54, 1.807) is 7.11 Å². The monoisotopic (exact) mass is 285 g/mol. The minimum atomic E-state index is -0.286. The first-order chi connectivity index (χ1) is 7.42. The van der Waals surface area contributed by atoms with Crippen LogP contribution in [-0.2, 0) is 4.84 Å². The number of nitrogens with zero attached hydrogens (tertiary/aromatic N) is 1. The van der Waals surface area contributed by atoms with Crippen LogP contribution in [-0.4, -0.2) is 17.3 Å². The third kappa shape index (κ3) is 4.23. The fourth-order valence-electron chi connectivity index (χ4n) is 0.958. The Hall–Kier alpha value is -1.03. The molecule has 0 N–H and O–H groups in total. The van der Waals surface area contributed by atoms with Crippen LogP contribution >= 0.6 is 15.9 Å². The van der Waals surface area contributed by atoms with Crippen LogP contribution in [0.4, 0.5) is 0 Å². The quantitative estimate of drug-likeness (QED) is 0.628. The second kappa shape index (κ2) is 5.34. The van der Waals surface area contributed by atoms with Crippen LogP contribution < -0.4 is 4.74 Å². The van der Waals surface area contributed by atoms with Crippen molar-refractivity contribution in [3.05, 3.63) is 29.8 Å². The Balaban J connectivity index is 2.76. The standard InChI is InChI=1S/C12H16BrNO2/c1-12(2,3)16-14-11(13)9-5-7-10(15-4)8-6-9/h5-8H,1-4H3/b14-11-. The second-order valence-electron chi connectivity index (χ2n) is 4.31. The molecule has 0 aliphatic heterocycles. The van der Waals surface area contributed by atoms with Gasteiger partial charge in [0, 0.05) is 5.56 Å². The summed E-state index contributed by atoms with van der Waals surface area (Å²) in [5.74, 6) is 0.820. The van der Waals surface area contributed by atoms with Crippen molar-refractivity contribution < 1.29 is 9.57 Å². The number of oxime groups is 1. The maximum absolute atomic E-state index is 5.31. The average molecular weight is 286 g/mol. The predicted octanol–water partition coefficient (Wildman–Crippen LogP) is 3.57. The van der Waals surface area contributed by atoms with Crippen LogP contribution in [0.3, 0.4) is 0 Å². The molecule has 0 saturated heterocycles. The largest absolute Gasteiger partial charge is 0.497 e. The molecule has 1 rings (SSSR count). The summed E-state index contributed by atoms with van der Waals surface area (Å²) in [6.07, 6.45) is 0. The fraction of sp³-hybridized carbons (Fsp3) is 0.417. The van der Waals surface area contributed by atoms with Gasteiger partial charge in [-0.25, -0.2) is 0 Å². The van der Waals surface area contributed by atoms with E-state index in [-0.39, 0.29) is 5.60 Å². The second-order valence-corrected chi connectivity index (χ2v) is 5.07. The van der Waals surface area contributed by atoms with Crippen molar-refractivity contribution in [2.75, 3.05) is 7.11 Å². The first-order valence-corrected chi connectivity index (χ1v) is 5.78. The summed E-state index contributed by atoms with van der Waals surface area (Å²) >= 11 is 3.37. The Labute approximate surface area is 105 Å². The highest BCUT2D eigenvalue weighted by atomic mass is 79.9. The number of benzene rings is 1. The summed E-state index contributed by atoms with van der Waals surface area (Å²) in [6, 6.07) is 7.59. The van der Waals surface area contributed by atoms with Crippen molar-refractivity contribution in [3.8, 4) is 5.75 Å². The third-order valence-corrected chi connectivity index (χ3v) is 2.33. The number of halogens is 1. The number of ether oxygens (including phenoxy) is 1. The summed E-state index contributed by atoms with van der Waals surface area (Å²) in [5.41, 5.74) is 0.663. The molecule has 0 unspecified atom stereocenters. The van der Waals surface area contributed by atoms with Crippen LogP contribution in [0, 0.1) is 0 Å². The molecule has 0 aromatic heterocycles. The van der Waals surface area contributed by atoms with Crippen molar-refractivity contribution in [3.63, 3.8) is 0 Å². The van der Waals surface area contributed by atoms with E-state index in [4.69, 9.17) is 9.57 Å². The van der Waals surface area contributed by atoms with Gasteiger partial charge in [-0.2, -0.15) is 0 Å². The lowest BCUT2D eigenvalue weighted by Gasteiger charge is -2.15. The minimum absolute atomic E-state index is 0.286. The highest BCUT2D eigenvalue weighted by Gasteiger charge is 2.11. The van der Waals surface area contributed by atoms with Gasteiger partial charge in [0.2, 0.25) is 0 Å². The molecular weight excluding hydrogens is 270 g/mol. The van der Waals surface area contributed by atoms with Gasteiger partial charge < -0.3 is 9.57 Å². The summed E-state index contributed by atoms with van der Waals surface area (Å²) < 4.78 is 5.75. The smallest absolute Gasteiger partial charge is 0.152 e. The van der Waals surface area contributed by atoms with Gasteiger partial charge in [0.25, 0.3) is 0 Å². The first kappa shape index (κ1) is 13.0. The SMILES string of the molecule is COc1ccc(/C(Br)=N/OC(C)(C)C)cc1. The maximum atomic E-state index is 5.31. The summed E-state index contributed by atoms with van der Waals surface area (Å²) in [6.45, 7) is 5.85. The first-order valence-electron chi connectivity index (χ1n) is 4.98. The molecule has 1 aromatic carbocycles. The molecule has 0 amide bonds. The molecule has 0 aliphatic carbocycles. The predicted molar refractivity (Wildman–Crippen MR) is 69.3 cm³/mol. The van der Waals surface area contributed by atoms with E-state index < -0.39 is 0 Å². The van der Waals surface area contributed by atoms with Crippen molar-refractivity contribution in [1.29, 1.82) is 0 Å². The molecule has 4 heteroatoms. The molecule has 88 valence electrons. The van der Waals surface area contributed by atoms with Gasteiger partial charge in [-0.3, -0.25) is 0 Å². The summed E-state index contributed by atoms with van der Waals surface area (Å²) in [4.78, 5) is 5.31. The van der Waals surface area contributed by atoms with Crippen LogP contribution in [0.25, 0.3) is 0 Å². The van der Waals surface area contributed by atoms with E-state index >= 15 is 0 Å². The number of hydrogen-bond donors (Lipinski definition) is 0. The Bertz CT molecular complexity index is 366. The van der Waals surface area contributed by atoms with Gasteiger partial charge in [-0.1, -0.05) is 5.16 Å². The van der Waals surface area contributed by atoms with Gasteiger partial charge in [0.1, 0.15) is 11.4 Å². The van der Waals surface area contributed by atoms with Crippen LogP contribution in [0.2, 0.25) is 0 Å². The number of rotatable bonds is 3. The molecule has 0 heterocycles. The van der Waals surface area contributed by atoms with E-state index in [0.29, 0.717) is 4.62 Å². The van der Waals surface area contributed by atoms with Crippen LogP contribution in [0.1, 0.15) is 26.3 Å². The van der Waals surface area contributed by atoms with Crippen molar-refractivity contribution >= 4 is 20.6 Å². The molecule has 3 nitrogen and oxygen atoms in total. The highest BCUT2D eigenvalue weighted by Crippen LogP contribution is 2.16. The van der Waals surface area contributed by atoms with E-state index in [0.717, 1.165) is 11.3 Å². The third-order valence-electron chi connectivity index (χ3n) is 1.73. The summed E-state index contributed by atoms with van der Waals surface area (Å²) in [7, 11) is 1.64. The molecule has 0 bridgehead atoms. The molecule has 0 fully saturated rings. The van der Waals surface area contributed by atoms with Crippen LogP contribution in [0.5, 0.6) is 5.75 Å². The Morgan fingerprint density at radius 1 is 1.19 bits per heavy atom. The molecule has 0 radical (unpaired) electrons. The zero-order valence-electron chi connectivity index (χ0n) is 9.95. The highest BCUT2D eigenvalue weighted by molar-refractivity contribution is 9.18. The van der Waals surface area contributed by atoms with E-state index in [1.807, 2.05) is 45.0 Å². The van der Waals surface area contributed by atoms with E-state index in [9.17, 15) is 0 Å². The fourth-order valence-corrected chi connectivity index (χ4v) is 1.29. The van der Waals surface area contributed by atoms with E-state index in [2.05, 4.69) is 21.1 Å². The molecule has 0 aliphatic rings. The van der Waals surface area contributed by atoms with Gasteiger partial charge >= 0.3 is 0 Å². The van der Waals surface area contributed by atoms with Gasteiger partial charge in [-0.15, -0.1) is 0 Å². The zero-order chi connectivity index (χ0) is 12.2. The van der Waals surface area contributed by atoms with Crippen LogP contribution in [0.15, 0.2) is 29.4 Å². The topological polar surface area (TPSA) is 30.8 Å². The Morgan fingerprint density at radius 2 is 1.75 bits per heavy atom. The van der Waals surface area contributed by atoms with Gasteiger partial charge in [0.15, 0.2) is 4.62 Å². The molecule has 0 spiro atoms. The molecule has 1 aromatic rings. The molecule has 0 saturated carbocycles. The summed E-state index contributed by atoms with van der Waals surface area (Å²) in [5, 5.41) is 4.01. The normalized spacial score (nSPS) is 12.4. The van der Waals surface area contributed by atoms with Crippen molar-refractivity contribution in [2.24, 2.45) is 5.16 Å². The number of methoxy groups -OCH3 is 1. The average Bonchev–Trinajstić information content (AvgIpc) is 2.25. The van der Waals surface area contributed by atoms with Gasteiger partial charge in [-0.05, 0) is 61.0 Å². The Morgan fingerprint density at radius 3 is 2.19 bits per heavy atom. The lowest BCUT2D eigenvalue weighted by atomic mass is 10.2. The lowest BCUT2D eigenvalue weighted by Crippen LogP contribution is -2.16. The molecule has 16 heavy (non-hydrogen) atoms. The molecular formula is C12H16BrNO2. The molecule has 0 atom stereocenters. The number of hydrogen-bond acceptors (Lipinski definition) is 3. The van der Waals surface area contributed by atoms with E-state index in [1.165, 1.54) is 0 Å². The van der Waals surface area contributed by atoms with Gasteiger partial charge in [0.05, 0.1) is 7.11 Å². The lowest BCUT2D eigenvalue weighted by molar-refractivity contribution is 0.00172. The Kier molecular flexibility index (Phi) is 4.35. The zero-order valence-corrected chi connectivity index (χ0v) is 11.5. The van der Waals surface area contributed by atoms with Crippen molar-refractivity contribution in [2.45, 2.75) is 26.4 Å². The minimum Gasteiger partial charge on any atom is -0.497 e. The van der Waals surface area contributed by atoms with Crippen molar-refractivity contribution in [1.82, 2.24) is 0 Å².